The molecule has 92 valence electrons. The lowest BCUT2D eigenvalue weighted by Gasteiger charge is -2.20. The summed E-state index contributed by atoms with van der Waals surface area (Å²) in [5.41, 5.74) is 1.67. The second kappa shape index (κ2) is 5.48. The first-order chi connectivity index (χ1) is 7.42. The number of nitrogens with one attached hydrogen (secondary N) is 1. The van der Waals surface area contributed by atoms with Gasteiger partial charge in [-0.2, -0.15) is 0 Å². The van der Waals surface area contributed by atoms with Gasteiger partial charge in [-0.3, -0.25) is 0 Å². The molecule has 0 fully saturated rings. The van der Waals surface area contributed by atoms with Gasteiger partial charge >= 0.3 is 0 Å². The minimum Gasteiger partial charge on any atom is -0.334 e. The van der Waals surface area contributed by atoms with Gasteiger partial charge in [-0.25, -0.2) is 4.98 Å². The van der Waals surface area contributed by atoms with Gasteiger partial charge in [0.2, 0.25) is 0 Å². The molecule has 0 radical (unpaired) electrons. The first-order valence-corrected chi connectivity index (χ1v) is 6.06. The van der Waals surface area contributed by atoms with Crippen LogP contribution >= 0.6 is 0 Å². The third-order valence-electron chi connectivity index (χ3n) is 2.57. The molecule has 0 saturated carbocycles. The minimum atomic E-state index is 0.323. The Kier molecular flexibility index (Phi) is 4.54. The van der Waals surface area contributed by atoms with E-state index in [4.69, 9.17) is 0 Å². The van der Waals surface area contributed by atoms with E-state index in [2.05, 4.69) is 42.6 Å². The third kappa shape index (κ3) is 4.35. The van der Waals surface area contributed by atoms with Crippen LogP contribution in [0.15, 0.2) is 12.5 Å². The molecule has 3 heteroatoms. The molecule has 0 aliphatic rings. The fourth-order valence-corrected chi connectivity index (χ4v) is 1.95. The molecule has 16 heavy (non-hydrogen) atoms. The van der Waals surface area contributed by atoms with Gasteiger partial charge in [-0.15, -0.1) is 0 Å². The van der Waals surface area contributed by atoms with Crippen LogP contribution in [0.2, 0.25) is 0 Å². The first kappa shape index (κ1) is 13.2. The fraction of sp³-hybridized carbons (Fsp3) is 0.769. The summed E-state index contributed by atoms with van der Waals surface area (Å²) in [6.45, 7) is 11.2. The number of aromatic nitrogens is 2. The molecular formula is C13H25N3. The Morgan fingerprint density at radius 3 is 2.69 bits per heavy atom. The van der Waals surface area contributed by atoms with Gasteiger partial charge in [-0.1, -0.05) is 27.7 Å². The standard InChI is InChI=1S/C13H25N3/c1-11(7-14-5)9-16-10-15-8-12(16)6-13(2,3)4/h8,10-11,14H,6-7,9H2,1-5H3. The summed E-state index contributed by atoms with van der Waals surface area (Å²) in [7, 11) is 2.00. The van der Waals surface area contributed by atoms with Crippen LogP contribution in [0.25, 0.3) is 0 Å². The SMILES string of the molecule is CNCC(C)Cn1cncc1CC(C)(C)C. The van der Waals surface area contributed by atoms with Crippen LogP contribution in [-0.4, -0.2) is 23.1 Å². The summed E-state index contributed by atoms with van der Waals surface area (Å²) in [5, 5.41) is 3.21. The van der Waals surface area contributed by atoms with Crippen LogP contribution < -0.4 is 5.32 Å². The average Bonchev–Trinajstić information content (AvgIpc) is 2.50. The molecule has 0 aromatic carbocycles. The molecule has 0 amide bonds. The fourth-order valence-electron chi connectivity index (χ4n) is 1.95. The highest BCUT2D eigenvalue weighted by atomic mass is 15.0. The lowest BCUT2D eigenvalue weighted by molar-refractivity contribution is 0.385. The van der Waals surface area contributed by atoms with E-state index in [1.54, 1.807) is 0 Å². The third-order valence-corrected chi connectivity index (χ3v) is 2.57. The van der Waals surface area contributed by atoms with Crippen molar-refractivity contribution in [2.24, 2.45) is 11.3 Å². The molecule has 1 N–H and O–H groups in total. The molecule has 1 aromatic heterocycles. The van der Waals surface area contributed by atoms with Crippen molar-refractivity contribution in [1.82, 2.24) is 14.9 Å². The highest BCUT2D eigenvalue weighted by Crippen LogP contribution is 2.20. The van der Waals surface area contributed by atoms with Crippen LogP contribution in [-0.2, 0) is 13.0 Å². The summed E-state index contributed by atoms with van der Waals surface area (Å²) in [6, 6.07) is 0. The maximum atomic E-state index is 4.26. The predicted octanol–water partition coefficient (Wildman–Crippen LogP) is 2.33. The predicted molar refractivity (Wildman–Crippen MR) is 68.5 cm³/mol. The molecule has 3 nitrogen and oxygen atoms in total. The largest absolute Gasteiger partial charge is 0.334 e. The Morgan fingerprint density at radius 2 is 2.12 bits per heavy atom. The van der Waals surface area contributed by atoms with E-state index in [1.807, 2.05) is 19.6 Å². The maximum absolute atomic E-state index is 4.26. The normalized spacial score (nSPS) is 14.1. The van der Waals surface area contributed by atoms with Crippen molar-refractivity contribution in [1.29, 1.82) is 0 Å². The van der Waals surface area contributed by atoms with Crippen molar-refractivity contribution < 1.29 is 0 Å². The Bertz CT molecular complexity index is 309. The number of hydrogen-bond acceptors (Lipinski definition) is 2. The Balaban J connectivity index is 2.63. The van der Waals surface area contributed by atoms with Crippen molar-refractivity contribution in [2.45, 2.75) is 40.7 Å². The van der Waals surface area contributed by atoms with Crippen molar-refractivity contribution in [2.75, 3.05) is 13.6 Å². The summed E-state index contributed by atoms with van der Waals surface area (Å²) < 4.78 is 2.28. The second-order valence-electron chi connectivity index (χ2n) is 5.94. The highest BCUT2D eigenvalue weighted by molar-refractivity contribution is 5.01. The molecule has 1 rings (SSSR count). The molecule has 0 aliphatic heterocycles. The smallest absolute Gasteiger partial charge is 0.0948 e. The summed E-state index contributed by atoms with van der Waals surface area (Å²) in [5.74, 6) is 0.637. The van der Waals surface area contributed by atoms with E-state index in [0.29, 0.717) is 11.3 Å². The molecule has 0 spiro atoms. The van der Waals surface area contributed by atoms with Gasteiger partial charge in [0.25, 0.3) is 0 Å². The zero-order chi connectivity index (χ0) is 12.2. The van der Waals surface area contributed by atoms with Crippen LogP contribution in [0.1, 0.15) is 33.4 Å². The number of hydrogen-bond donors (Lipinski definition) is 1. The Hall–Kier alpha value is -0.830. The van der Waals surface area contributed by atoms with Crippen LogP contribution in [0.3, 0.4) is 0 Å². The van der Waals surface area contributed by atoms with Crippen LogP contribution in [0, 0.1) is 11.3 Å². The summed E-state index contributed by atoms with van der Waals surface area (Å²) >= 11 is 0. The van der Waals surface area contributed by atoms with E-state index in [9.17, 15) is 0 Å². The van der Waals surface area contributed by atoms with Gasteiger partial charge in [0, 0.05) is 18.4 Å². The summed E-state index contributed by atoms with van der Waals surface area (Å²) in [6.07, 6.45) is 5.03. The Morgan fingerprint density at radius 1 is 1.44 bits per heavy atom. The van der Waals surface area contributed by atoms with Crippen LogP contribution in [0.5, 0.6) is 0 Å². The van der Waals surface area contributed by atoms with E-state index in [0.717, 1.165) is 19.5 Å². The van der Waals surface area contributed by atoms with Crippen LogP contribution in [0.4, 0.5) is 0 Å². The van der Waals surface area contributed by atoms with Gasteiger partial charge in [0.15, 0.2) is 0 Å². The zero-order valence-corrected chi connectivity index (χ0v) is 11.2. The number of nitrogens with zero attached hydrogens (tertiary/aromatic N) is 2. The Labute approximate surface area is 99.3 Å². The van der Waals surface area contributed by atoms with Crippen molar-refractivity contribution in [3.63, 3.8) is 0 Å². The molecule has 0 aliphatic carbocycles. The van der Waals surface area contributed by atoms with E-state index in [-0.39, 0.29) is 0 Å². The molecule has 1 unspecified atom stereocenters. The maximum Gasteiger partial charge on any atom is 0.0948 e. The molecule has 1 aromatic rings. The van der Waals surface area contributed by atoms with Gasteiger partial charge in [0.05, 0.1) is 6.33 Å². The topological polar surface area (TPSA) is 29.9 Å². The van der Waals surface area contributed by atoms with Gasteiger partial charge < -0.3 is 9.88 Å². The van der Waals surface area contributed by atoms with Crippen molar-refractivity contribution in [3.05, 3.63) is 18.2 Å². The van der Waals surface area contributed by atoms with E-state index >= 15 is 0 Å². The van der Waals surface area contributed by atoms with Gasteiger partial charge in [-0.05, 0) is 31.3 Å². The first-order valence-electron chi connectivity index (χ1n) is 6.06. The van der Waals surface area contributed by atoms with E-state index < -0.39 is 0 Å². The molecule has 1 heterocycles. The lowest BCUT2D eigenvalue weighted by atomic mass is 9.90. The average molecular weight is 223 g/mol. The van der Waals surface area contributed by atoms with Gasteiger partial charge in [0.1, 0.15) is 0 Å². The highest BCUT2D eigenvalue weighted by Gasteiger charge is 2.15. The van der Waals surface area contributed by atoms with Crippen molar-refractivity contribution >= 4 is 0 Å². The molecule has 1 atom stereocenters. The zero-order valence-electron chi connectivity index (χ0n) is 11.2. The monoisotopic (exact) mass is 223 g/mol. The number of imidazole rings is 1. The van der Waals surface area contributed by atoms with Crippen molar-refractivity contribution in [3.8, 4) is 0 Å². The number of rotatable bonds is 5. The molecule has 0 saturated heterocycles. The molecular weight excluding hydrogens is 198 g/mol. The quantitative estimate of drug-likeness (QED) is 0.830. The summed E-state index contributed by atoms with van der Waals surface area (Å²) in [4.78, 5) is 4.26. The lowest BCUT2D eigenvalue weighted by Crippen LogP contribution is -2.22. The second-order valence-corrected chi connectivity index (χ2v) is 5.94. The van der Waals surface area contributed by atoms with E-state index in [1.165, 1.54) is 5.69 Å². The molecule has 0 bridgehead atoms. The minimum absolute atomic E-state index is 0.323.